The Labute approximate surface area is 220 Å². The summed E-state index contributed by atoms with van der Waals surface area (Å²) < 4.78 is 13.1. The molecular weight excluding hydrogens is 488 g/mol. The van der Waals surface area contributed by atoms with E-state index >= 15 is 0 Å². The second kappa shape index (κ2) is 10.3. The Balaban J connectivity index is 0.999. The van der Waals surface area contributed by atoms with Gasteiger partial charge in [0.15, 0.2) is 16.3 Å². The number of ether oxygens (including phenoxy) is 2. The lowest BCUT2D eigenvalue weighted by molar-refractivity contribution is -0.138. The Morgan fingerprint density at radius 2 is 1.73 bits per heavy atom. The maximum Gasteiger partial charge on any atom is 0.262 e. The van der Waals surface area contributed by atoms with Gasteiger partial charge in [0.05, 0.1) is 10.9 Å². The van der Waals surface area contributed by atoms with Crippen molar-refractivity contribution in [3.05, 3.63) is 63.2 Å². The normalized spacial score (nSPS) is 21.9. The van der Waals surface area contributed by atoms with Gasteiger partial charge in [-0.15, -0.1) is 0 Å². The van der Waals surface area contributed by atoms with Crippen molar-refractivity contribution in [1.29, 1.82) is 0 Å². The highest BCUT2D eigenvalue weighted by molar-refractivity contribution is 7.71. The monoisotopic (exact) mass is 520 g/mol. The summed E-state index contributed by atoms with van der Waals surface area (Å²) in [4.78, 5) is 33.9. The van der Waals surface area contributed by atoms with Gasteiger partial charge < -0.3 is 19.4 Å². The van der Waals surface area contributed by atoms with Gasteiger partial charge in [0.25, 0.3) is 5.56 Å². The summed E-state index contributed by atoms with van der Waals surface area (Å²) in [5.74, 6) is 2.35. The molecule has 1 saturated heterocycles. The minimum Gasteiger partial charge on any atom is -0.454 e. The molecule has 1 saturated carbocycles. The van der Waals surface area contributed by atoms with Crippen molar-refractivity contribution in [1.82, 2.24) is 19.4 Å². The van der Waals surface area contributed by atoms with Crippen LogP contribution in [0.3, 0.4) is 0 Å². The zero-order valence-electron chi connectivity index (χ0n) is 20.9. The molecule has 0 unspecified atom stereocenters. The number of fused-ring (bicyclic) bond motifs is 2. The Kier molecular flexibility index (Phi) is 6.73. The first-order chi connectivity index (χ1) is 18.0. The molecule has 0 atom stereocenters. The molecule has 9 heteroatoms. The van der Waals surface area contributed by atoms with Gasteiger partial charge in [0.1, 0.15) is 0 Å². The molecule has 3 heterocycles. The second-order valence-corrected chi connectivity index (χ2v) is 10.8. The van der Waals surface area contributed by atoms with Crippen molar-refractivity contribution in [2.75, 3.05) is 33.0 Å². The maximum atomic E-state index is 13.3. The number of hydrogen-bond acceptors (Lipinski definition) is 6. The molecule has 8 nitrogen and oxygen atoms in total. The SMILES string of the molecule is O=C(C1CCC(Cn2c(=S)[nH]c3ccccc3c2=O)CC1)N1CCN(Cc2ccc3c(c2)OCO3)CC1. The highest BCUT2D eigenvalue weighted by Gasteiger charge is 2.31. The Morgan fingerprint density at radius 3 is 2.54 bits per heavy atom. The third-order valence-corrected chi connectivity index (χ3v) is 8.38. The maximum absolute atomic E-state index is 13.3. The second-order valence-electron chi connectivity index (χ2n) is 10.4. The van der Waals surface area contributed by atoms with Gasteiger partial charge in [0, 0.05) is 45.2 Å². The van der Waals surface area contributed by atoms with E-state index in [1.54, 1.807) is 4.57 Å². The summed E-state index contributed by atoms with van der Waals surface area (Å²) in [6, 6.07) is 13.6. The van der Waals surface area contributed by atoms with E-state index in [0.29, 0.717) is 28.5 Å². The first-order valence-corrected chi connectivity index (χ1v) is 13.6. The van der Waals surface area contributed by atoms with E-state index in [9.17, 15) is 9.59 Å². The summed E-state index contributed by atoms with van der Waals surface area (Å²) in [6.07, 6.45) is 3.63. The molecule has 1 N–H and O–H groups in total. The fraction of sp³-hybridized carbons (Fsp3) is 0.464. The fourth-order valence-corrected chi connectivity index (χ4v) is 6.16. The molecule has 37 heavy (non-hydrogen) atoms. The van der Waals surface area contributed by atoms with Crippen LogP contribution in [0.5, 0.6) is 11.5 Å². The van der Waals surface area contributed by atoms with Crippen LogP contribution in [0.4, 0.5) is 0 Å². The van der Waals surface area contributed by atoms with Crippen molar-refractivity contribution in [2.24, 2.45) is 11.8 Å². The number of carbonyl (C=O) groups excluding carboxylic acids is 1. The van der Waals surface area contributed by atoms with Crippen molar-refractivity contribution in [2.45, 2.75) is 38.8 Å². The molecule has 2 fully saturated rings. The molecule has 3 aromatic rings. The number of aromatic nitrogens is 2. The molecule has 0 bridgehead atoms. The van der Waals surface area contributed by atoms with E-state index in [-0.39, 0.29) is 18.3 Å². The predicted molar refractivity (Wildman–Crippen MR) is 143 cm³/mol. The van der Waals surface area contributed by atoms with Crippen LogP contribution in [0.2, 0.25) is 0 Å². The highest BCUT2D eigenvalue weighted by atomic mass is 32.1. The van der Waals surface area contributed by atoms with Crippen LogP contribution in [-0.4, -0.2) is 58.2 Å². The van der Waals surface area contributed by atoms with E-state index in [0.717, 1.165) is 75.4 Å². The van der Waals surface area contributed by atoms with E-state index in [2.05, 4.69) is 22.0 Å². The van der Waals surface area contributed by atoms with Crippen LogP contribution >= 0.6 is 12.2 Å². The lowest BCUT2D eigenvalue weighted by atomic mass is 9.81. The van der Waals surface area contributed by atoms with Crippen LogP contribution < -0.4 is 15.0 Å². The van der Waals surface area contributed by atoms with Gasteiger partial charge in [-0.25, -0.2) is 0 Å². The van der Waals surface area contributed by atoms with Gasteiger partial charge in [-0.1, -0.05) is 18.2 Å². The van der Waals surface area contributed by atoms with Gasteiger partial charge in [-0.3, -0.25) is 19.1 Å². The third kappa shape index (κ3) is 5.02. The number of rotatable bonds is 5. The summed E-state index contributed by atoms with van der Waals surface area (Å²) in [7, 11) is 0. The van der Waals surface area contributed by atoms with Crippen molar-refractivity contribution < 1.29 is 14.3 Å². The van der Waals surface area contributed by atoms with Crippen molar-refractivity contribution in [3.63, 3.8) is 0 Å². The molecule has 0 spiro atoms. The number of H-pyrrole nitrogens is 1. The van der Waals surface area contributed by atoms with Gasteiger partial charge in [-0.2, -0.15) is 0 Å². The van der Waals surface area contributed by atoms with E-state index < -0.39 is 0 Å². The average molecular weight is 521 g/mol. The number of amides is 1. The van der Waals surface area contributed by atoms with Crippen LogP contribution in [0.1, 0.15) is 31.2 Å². The minimum absolute atomic E-state index is 0.0313. The summed E-state index contributed by atoms with van der Waals surface area (Å²) in [5.41, 5.74) is 1.95. The number of piperazine rings is 1. The largest absolute Gasteiger partial charge is 0.454 e. The number of para-hydroxylation sites is 1. The zero-order valence-corrected chi connectivity index (χ0v) is 21.7. The smallest absolute Gasteiger partial charge is 0.262 e. The van der Waals surface area contributed by atoms with Crippen molar-refractivity contribution >= 4 is 29.0 Å². The molecule has 194 valence electrons. The molecule has 1 amide bonds. The topological polar surface area (TPSA) is 79.8 Å². The summed E-state index contributed by atoms with van der Waals surface area (Å²) in [6.45, 7) is 5.03. The van der Waals surface area contributed by atoms with Gasteiger partial charge >= 0.3 is 0 Å². The molecule has 6 rings (SSSR count). The lowest BCUT2D eigenvalue weighted by Crippen LogP contribution is -2.50. The number of nitrogens with zero attached hydrogens (tertiary/aromatic N) is 3. The zero-order chi connectivity index (χ0) is 25.4. The molecule has 1 aliphatic carbocycles. The highest BCUT2D eigenvalue weighted by Crippen LogP contribution is 2.33. The molecule has 0 radical (unpaired) electrons. The molecule has 1 aromatic heterocycles. The number of benzene rings is 2. The predicted octanol–water partition coefficient (Wildman–Crippen LogP) is 3.94. The number of carbonyl (C=O) groups is 1. The lowest BCUT2D eigenvalue weighted by Gasteiger charge is -2.38. The number of nitrogens with one attached hydrogen (secondary N) is 1. The van der Waals surface area contributed by atoms with Crippen LogP contribution in [0.15, 0.2) is 47.3 Å². The van der Waals surface area contributed by atoms with E-state index in [1.807, 2.05) is 35.2 Å². The van der Waals surface area contributed by atoms with Crippen LogP contribution in [-0.2, 0) is 17.9 Å². The summed E-state index contributed by atoms with van der Waals surface area (Å²) >= 11 is 5.49. The first-order valence-electron chi connectivity index (χ1n) is 13.2. The number of aromatic amines is 1. The molecule has 2 aromatic carbocycles. The van der Waals surface area contributed by atoms with Gasteiger partial charge in [0.2, 0.25) is 12.7 Å². The standard InChI is InChI=1S/C28H32N4O4S/c33-26(31-13-11-30(12-14-31)16-20-7-10-24-25(15-20)36-18-35-24)21-8-5-19(6-9-21)17-32-27(34)22-3-1-2-4-23(22)29-28(32)37/h1-4,7,10,15,19,21H,5-6,8-9,11-14,16-18H2,(H,29,37). The molecular formula is C28H32N4O4S. The Hall–Kier alpha value is -3.17. The van der Waals surface area contributed by atoms with E-state index in [4.69, 9.17) is 21.7 Å². The minimum atomic E-state index is -0.0313. The fourth-order valence-electron chi connectivity index (χ4n) is 5.90. The van der Waals surface area contributed by atoms with Crippen LogP contribution in [0, 0.1) is 16.6 Å². The Morgan fingerprint density at radius 1 is 0.973 bits per heavy atom. The number of hydrogen-bond donors (Lipinski definition) is 1. The summed E-state index contributed by atoms with van der Waals surface area (Å²) in [5, 5.41) is 0.664. The first kappa shape index (κ1) is 24.2. The molecule has 2 aliphatic heterocycles. The average Bonchev–Trinajstić information content (AvgIpc) is 3.39. The van der Waals surface area contributed by atoms with Gasteiger partial charge in [-0.05, 0) is 73.6 Å². The Bertz CT molecular complexity index is 1420. The third-order valence-electron chi connectivity index (χ3n) is 8.05. The van der Waals surface area contributed by atoms with Crippen molar-refractivity contribution in [3.8, 4) is 11.5 Å². The molecule has 3 aliphatic rings. The van der Waals surface area contributed by atoms with E-state index in [1.165, 1.54) is 5.56 Å². The van der Waals surface area contributed by atoms with Crippen LogP contribution in [0.25, 0.3) is 10.9 Å². The quantitative estimate of drug-likeness (QED) is 0.514.